The minimum atomic E-state index is 0.372. The molecule has 1 fully saturated rings. The van der Waals surface area contributed by atoms with Crippen LogP contribution in [0.4, 0.5) is 5.69 Å². The average Bonchev–Trinajstić information content (AvgIpc) is 2.23. The molecule has 0 bridgehead atoms. The molecule has 0 unspecified atom stereocenters. The molecular weight excluding hydrogens is 174 g/mol. The number of carbonyl (C=O) groups is 1. The van der Waals surface area contributed by atoms with Gasteiger partial charge in [-0.25, -0.2) is 0 Å². The number of rotatable bonds is 1. The van der Waals surface area contributed by atoms with Gasteiger partial charge in [-0.05, 0) is 25.0 Å². The standard InChI is InChI=1S/C12H13NO/c14-12-8-6-11(7-9-12)13-10-4-2-1-3-5-10/h1-5H,6-9H2. The molecule has 0 aromatic heterocycles. The first kappa shape index (κ1) is 9.13. The SMILES string of the molecule is O=C1CCC(=Nc2ccccc2)CC1. The van der Waals surface area contributed by atoms with E-state index in [9.17, 15) is 4.79 Å². The first-order valence-corrected chi connectivity index (χ1v) is 4.98. The van der Waals surface area contributed by atoms with Gasteiger partial charge in [-0.3, -0.25) is 9.79 Å². The molecule has 1 aromatic carbocycles. The quantitative estimate of drug-likeness (QED) is 0.664. The molecule has 0 spiro atoms. The zero-order valence-corrected chi connectivity index (χ0v) is 8.07. The van der Waals surface area contributed by atoms with Gasteiger partial charge in [-0.2, -0.15) is 0 Å². The van der Waals surface area contributed by atoms with Gasteiger partial charge in [0.2, 0.25) is 0 Å². The first-order valence-electron chi connectivity index (χ1n) is 4.98. The molecule has 0 N–H and O–H groups in total. The van der Waals surface area contributed by atoms with Crippen molar-refractivity contribution in [2.75, 3.05) is 0 Å². The molecule has 0 atom stereocenters. The number of Topliss-reactive ketones (excluding diaryl/α,β-unsaturated/α-hetero) is 1. The smallest absolute Gasteiger partial charge is 0.133 e. The average molecular weight is 187 g/mol. The molecule has 1 aliphatic rings. The van der Waals surface area contributed by atoms with E-state index in [1.54, 1.807) is 0 Å². The third-order valence-corrected chi connectivity index (χ3v) is 2.43. The van der Waals surface area contributed by atoms with Crippen LogP contribution < -0.4 is 0 Å². The Kier molecular flexibility index (Phi) is 2.73. The highest BCUT2D eigenvalue weighted by atomic mass is 16.1. The molecule has 2 nitrogen and oxygen atoms in total. The van der Waals surface area contributed by atoms with Crippen molar-refractivity contribution in [2.24, 2.45) is 4.99 Å². The fourth-order valence-corrected chi connectivity index (χ4v) is 1.61. The molecule has 1 aliphatic carbocycles. The summed E-state index contributed by atoms with van der Waals surface area (Å²) in [4.78, 5) is 15.5. The Labute approximate surface area is 83.7 Å². The lowest BCUT2D eigenvalue weighted by molar-refractivity contribution is -0.119. The molecule has 2 heteroatoms. The highest BCUT2D eigenvalue weighted by Gasteiger charge is 2.13. The molecule has 0 heterocycles. The maximum atomic E-state index is 11.0. The summed E-state index contributed by atoms with van der Waals surface area (Å²) in [6.45, 7) is 0. The number of ketones is 1. The normalized spacial score (nSPS) is 16.9. The topological polar surface area (TPSA) is 29.4 Å². The summed E-state index contributed by atoms with van der Waals surface area (Å²) in [5.74, 6) is 0.372. The monoisotopic (exact) mass is 187 g/mol. The Morgan fingerprint density at radius 1 is 0.929 bits per heavy atom. The van der Waals surface area contributed by atoms with Gasteiger partial charge >= 0.3 is 0 Å². The van der Waals surface area contributed by atoms with Crippen molar-refractivity contribution < 1.29 is 4.79 Å². The molecule has 1 aromatic rings. The van der Waals surface area contributed by atoms with E-state index in [0.717, 1.165) is 24.2 Å². The van der Waals surface area contributed by atoms with Crippen molar-refractivity contribution in [3.63, 3.8) is 0 Å². The number of para-hydroxylation sites is 1. The third kappa shape index (κ3) is 2.28. The summed E-state index contributed by atoms with van der Waals surface area (Å²) in [6.07, 6.45) is 3.03. The van der Waals surface area contributed by atoms with Crippen molar-refractivity contribution in [1.29, 1.82) is 0 Å². The number of carbonyl (C=O) groups excluding carboxylic acids is 1. The van der Waals surface area contributed by atoms with Gasteiger partial charge in [-0.15, -0.1) is 0 Å². The Bertz CT molecular complexity index is 342. The van der Waals surface area contributed by atoms with Crippen LogP contribution in [0.2, 0.25) is 0 Å². The van der Waals surface area contributed by atoms with E-state index in [4.69, 9.17) is 0 Å². The second-order valence-corrected chi connectivity index (χ2v) is 3.55. The second-order valence-electron chi connectivity index (χ2n) is 3.55. The van der Waals surface area contributed by atoms with Crippen LogP contribution in [0.25, 0.3) is 0 Å². The van der Waals surface area contributed by atoms with Gasteiger partial charge in [0.25, 0.3) is 0 Å². The Morgan fingerprint density at radius 2 is 1.57 bits per heavy atom. The van der Waals surface area contributed by atoms with E-state index in [1.165, 1.54) is 0 Å². The molecule has 0 radical (unpaired) electrons. The van der Waals surface area contributed by atoms with Gasteiger partial charge < -0.3 is 0 Å². The van der Waals surface area contributed by atoms with E-state index in [-0.39, 0.29) is 0 Å². The molecule has 72 valence electrons. The zero-order chi connectivity index (χ0) is 9.80. The number of nitrogens with zero attached hydrogens (tertiary/aromatic N) is 1. The number of hydrogen-bond donors (Lipinski definition) is 0. The van der Waals surface area contributed by atoms with Crippen molar-refractivity contribution in [1.82, 2.24) is 0 Å². The van der Waals surface area contributed by atoms with Crippen LogP contribution >= 0.6 is 0 Å². The van der Waals surface area contributed by atoms with Gasteiger partial charge in [-0.1, -0.05) is 18.2 Å². The lowest BCUT2D eigenvalue weighted by Crippen LogP contribution is -2.12. The van der Waals surface area contributed by atoms with Crippen molar-refractivity contribution in [3.8, 4) is 0 Å². The molecule has 2 rings (SSSR count). The van der Waals surface area contributed by atoms with E-state index in [1.807, 2.05) is 30.3 Å². The van der Waals surface area contributed by atoms with Gasteiger partial charge in [0.1, 0.15) is 5.78 Å². The largest absolute Gasteiger partial charge is 0.300 e. The predicted octanol–water partition coefficient (Wildman–Crippen LogP) is 2.90. The van der Waals surface area contributed by atoms with Crippen molar-refractivity contribution in [2.45, 2.75) is 25.7 Å². The summed E-state index contributed by atoms with van der Waals surface area (Å²) < 4.78 is 0. The summed E-state index contributed by atoms with van der Waals surface area (Å²) in [5, 5.41) is 0. The number of benzene rings is 1. The van der Waals surface area contributed by atoms with E-state index in [2.05, 4.69) is 4.99 Å². The van der Waals surface area contributed by atoms with Crippen LogP contribution in [0.15, 0.2) is 35.3 Å². The fourth-order valence-electron chi connectivity index (χ4n) is 1.61. The van der Waals surface area contributed by atoms with Crippen LogP contribution in [0, 0.1) is 0 Å². The molecule has 0 aliphatic heterocycles. The second kappa shape index (κ2) is 4.18. The molecule has 14 heavy (non-hydrogen) atoms. The Morgan fingerprint density at radius 3 is 2.21 bits per heavy atom. The molecular formula is C12H13NO. The third-order valence-electron chi connectivity index (χ3n) is 2.43. The fraction of sp³-hybridized carbons (Fsp3) is 0.333. The van der Waals surface area contributed by atoms with Crippen LogP contribution in [0.3, 0.4) is 0 Å². The van der Waals surface area contributed by atoms with E-state index < -0.39 is 0 Å². The van der Waals surface area contributed by atoms with Crippen LogP contribution in [-0.2, 0) is 4.79 Å². The van der Waals surface area contributed by atoms with Crippen molar-refractivity contribution in [3.05, 3.63) is 30.3 Å². The lowest BCUT2D eigenvalue weighted by atomic mass is 9.97. The highest BCUT2D eigenvalue weighted by Crippen LogP contribution is 2.17. The maximum absolute atomic E-state index is 11.0. The van der Waals surface area contributed by atoms with Crippen LogP contribution in [0.5, 0.6) is 0 Å². The minimum absolute atomic E-state index is 0.372. The van der Waals surface area contributed by atoms with Gasteiger partial charge in [0.05, 0.1) is 5.69 Å². The number of aliphatic imine (C=N–C) groups is 1. The van der Waals surface area contributed by atoms with Gasteiger partial charge in [0.15, 0.2) is 0 Å². The lowest BCUT2D eigenvalue weighted by Gasteiger charge is -2.11. The minimum Gasteiger partial charge on any atom is -0.300 e. The van der Waals surface area contributed by atoms with Crippen LogP contribution in [0.1, 0.15) is 25.7 Å². The molecule has 0 saturated heterocycles. The summed E-state index contributed by atoms with van der Waals surface area (Å²) >= 11 is 0. The highest BCUT2D eigenvalue weighted by molar-refractivity contribution is 5.96. The Balaban J connectivity index is 2.08. The predicted molar refractivity (Wildman–Crippen MR) is 57.0 cm³/mol. The van der Waals surface area contributed by atoms with Crippen LogP contribution in [-0.4, -0.2) is 11.5 Å². The van der Waals surface area contributed by atoms with Crippen molar-refractivity contribution >= 4 is 17.2 Å². The Hall–Kier alpha value is -1.44. The summed E-state index contributed by atoms with van der Waals surface area (Å²) in [6, 6.07) is 9.92. The van der Waals surface area contributed by atoms with E-state index in [0.29, 0.717) is 18.6 Å². The molecule has 0 amide bonds. The zero-order valence-electron chi connectivity index (χ0n) is 8.07. The van der Waals surface area contributed by atoms with Gasteiger partial charge in [0, 0.05) is 18.6 Å². The maximum Gasteiger partial charge on any atom is 0.133 e. The molecule has 1 saturated carbocycles. The summed E-state index contributed by atoms with van der Waals surface area (Å²) in [5.41, 5.74) is 2.16. The van der Waals surface area contributed by atoms with E-state index >= 15 is 0 Å². The first-order chi connectivity index (χ1) is 6.84. The summed E-state index contributed by atoms with van der Waals surface area (Å²) in [7, 11) is 0. The number of hydrogen-bond acceptors (Lipinski definition) is 2.